The maximum atomic E-state index is 12.8. The number of nitrogens with zero attached hydrogens (tertiary/aromatic N) is 6. The third-order valence-electron chi connectivity index (χ3n) is 5.22. The van der Waals surface area contributed by atoms with E-state index in [0.717, 1.165) is 48.2 Å². The molecule has 1 aliphatic heterocycles. The summed E-state index contributed by atoms with van der Waals surface area (Å²) in [7, 11) is 2.11. The van der Waals surface area contributed by atoms with Crippen molar-refractivity contribution in [1.29, 1.82) is 0 Å². The lowest BCUT2D eigenvalue weighted by molar-refractivity contribution is 0.102. The first-order valence-electron chi connectivity index (χ1n) is 9.75. The van der Waals surface area contributed by atoms with Crippen LogP contribution in [0.3, 0.4) is 0 Å². The smallest absolute Gasteiger partial charge is 0.274 e. The van der Waals surface area contributed by atoms with Crippen LogP contribution in [0, 0.1) is 0 Å². The fraction of sp³-hybridized carbons (Fsp3) is 0.238. The van der Waals surface area contributed by atoms with Crippen LogP contribution in [-0.2, 0) is 0 Å². The number of carbonyl (C=O) groups is 1. The van der Waals surface area contributed by atoms with E-state index >= 15 is 0 Å². The summed E-state index contributed by atoms with van der Waals surface area (Å²) in [6, 6.07) is 9.44. The highest BCUT2D eigenvalue weighted by Crippen LogP contribution is 2.24. The molecule has 1 fully saturated rings. The maximum absolute atomic E-state index is 12.8. The average molecular weight is 420 g/mol. The molecule has 152 valence electrons. The number of imidazole rings is 1. The monoisotopic (exact) mass is 419 g/mol. The first kappa shape index (κ1) is 18.7. The molecule has 0 spiro atoms. The van der Waals surface area contributed by atoms with E-state index in [1.807, 2.05) is 46.4 Å². The number of hydrogen-bond acceptors (Lipinski definition) is 7. The number of piperazine rings is 1. The largest absolute Gasteiger partial charge is 0.354 e. The number of aromatic nitrogens is 4. The Labute approximate surface area is 177 Å². The summed E-state index contributed by atoms with van der Waals surface area (Å²) in [6.07, 6.45) is 5.42. The molecule has 1 amide bonds. The fourth-order valence-electron chi connectivity index (χ4n) is 3.50. The predicted molar refractivity (Wildman–Crippen MR) is 118 cm³/mol. The van der Waals surface area contributed by atoms with Gasteiger partial charge in [0.2, 0.25) is 0 Å². The van der Waals surface area contributed by atoms with E-state index in [1.165, 1.54) is 6.33 Å². The number of rotatable bonds is 4. The van der Waals surface area contributed by atoms with E-state index in [9.17, 15) is 4.79 Å². The van der Waals surface area contributed by atoms with Gasteiger partial charge in [-0.15, -0.1) is 11.3 Å². The van der Waals surface area contributed by atoms with E-state index in [-0.39, 0.29) is 5.91 Å². The molecule has 8 nitrogen and oxygen atoms in total. The van der Waals surface area contributed by atoms with Gasteiger partial charge in [-0.05, 0) is 19.2 Å². The zero-order chi connectivity index (χ0) is 20.5. The third-order valence-corrected chi connectivity index (χ3v) is 5.99. The summed E-state index contributed by atoms with van der Waals surface area (Å²) in [5, 5.41) is 4.95. The van der Waals surface area contributed by atoms with Gasteiger partial charge in [0, 0.05) is 61.3 Å². The standard InChI is InChI=1S/C21H21N7OS/c1-26-5-7-27(8-6-26)19-12-17(22-14-23-19)20(29)24-16-4-2-3-15(11-16)18-13-28-9-10-30-21(28)25-18/h2-4,9-14H,5-8H2,1H3,(H,24,29). The van der Waals surface area contributed by atoms with Gasteiger partial charge in [0.25, 0.3) is 5.91 Å². The van der Waals surface area contributed by atoms with Crippen LogP contribution < -0.4 is 10.2 Å². The van der Waals surface area contributed by atoms with Gasteiger partial charge < -0.3 is 15.1 Å². The van der Waals surface area contributed by atoms with Crippen LogP contribution in [-0.4, -0.2) is 63.4 Å². The number of anilines is 2. The second-order valence-corrected chi connectivity index (χ2v) is 8.18. The van der Waals surface area contributed by atoms with Crippen molar-refractivity contribution in [3.05, 3.63) is 60.1 Å². The summed E-state index contributed by atoms with van der Waals surface area (Å²) in [5.74, 6) is 0.533. The van der Waals surface area contributed by atoms with Gasteiger partial charge in [-0.2, -0.15) is 0 Å². The van der Waals surface area contributed by atoms with Crippen LogP contribution in [0.2, 0.25) is 0 Å². The van der Waals surface area contributed by atoms with Crippen molar-refractivity contribution in [1.82, 2.24) is 24.3 Å². The molecular formula is C21H21N7OS. The Balaban J connectivity index is 1.33. The molecule has 0 saturated carbocycles. The van der Waals surface area contributed by atoms with E-state index in [2.05, 4.69) is 37.1 Å². The molecule has 0 radical (unpaired) electrons. The minimum atomic E-state index is -0.254. The Bertz CT molecular complexity index is 1160. The minimum absolute atomic E-state index is 0.254. The van der Waals surface area contributed by atoms with Gasteiger partial charge in [0.15, 0.2) is 4.96 Å². The first-order chi connectivity index (χ1) is 14.7. The molecule has 0 aliphatic carbocycles. The van der Waals surface area contributed by atoms with Gasteiger partial charge >= 0.3 is 0 Å². The number of benzene rings is 1. The zero-order valence-corrected chi connectivity index (χ0v) is 17.3. The van der Waals surface area contributed by atoms with Crippen LogP contribution in [0.1, 0.15) is 10.5 Å². The van der Waals surface area contributed by atoms with Gasteiger partial charge in [0.1, 0.15) is 17.8 Å². The van der Waals surface area contributed by atoms with E-state index in [1.54, 1.807) is 17.4 Å². The zero-order valence-electron chi connectivity index (χ0n) is 16.5. The molecule has 0 bridgehead atoms. The topological polar surface area (TPSA) is 78.7 Å². The Morgan fingerprint density at radius 3 is 2.83 bits per heavy atom. The van der Waals surface area contributed by atoms with Gasteiger partial charge in [-0.3, -0.25) is 9.20 Å². The summed E-state index contributed by atoms with van der Waals surface area (Å²) in [6.45, 7) is 3.73. The number of hydrogen-bond donors (Lipinski definition) is 1. The molecule has 4 heterocycles. The van der Waals surface area contributed by atoms with Crippen LogP contribution in [0.4, 0.5) is 11.5 Å². The number of thiazole rings is 1. The van der Waals surface area contributed by atoms with E-state index in [0.29, 0.717) is 11.4 Å². The second-order valence-electron chi connectivity index (χ2n) is 7.31. The van der Waals surface area contributed by atoms with E-state index in [4.69, 9.17) is 0 Å². The maximum Gasteiger partial charge on any atom is 0.274 e. The first-order valence-corrected chi connectivity index (χ1v) is 10.6. The molecule has 1 aromatic carbocycles. The molecule has 0 atom stereocenters. The van der Waals surface area contributed by atoms with Crippen LogP contribution in [0.25, 0.3) is 16.2 Å². The van der Waals surface area contributed by atoms with Crippen LogP contribution >= 0.6 is 11.3 Å². The molecule has 0 unspecified atom stereocenters. The van der Waals surface area contributed by atoms with Crippen molar-refractivity contribution < 1.29 is 4.79 Å². The predicted octanol–water partition coefficient (Wildman–Crippen LogP) is 2.86. The molecule has 1 aliphatic rings. The van der Waals surface area contributed by atoms with Crippen molar-refractivity contribution in [3.63, 3.8) is 0 Å². The van der Waals surface area contributed by atoms with Crippen LogP contribution in [0.15, 0.2) is 54.4 Å². The normalized spacial score (nSPS) is 14.9. The highest BCUT2D eigenvalue weighted by Gasteiger charge is 2.17. The molecule has 9 heteroatoms. The Hall–Kier alpha value is -3.30. The molecule has 5 rings (SSSR count). The lowest BCUT2D eigenvalue weighted by Gasteiger charge is -2.33. The number of fused-ring (bicyclic) bond motifs is 1. The second kappa shape index (κ2) is 7.85. The third kappa shape index (κ3) is 3.77. The highest BCUT2D eigenvalue weighted by molar-refractivity contribution is 7.15. The molecular weight excluding hydrogens is 398 g/mol. The number of likely N-dealkylation sites (N-methyl/N-ethyl adjacent to an activating group) is 1. The molecule has 1 saturated heterocycles. The van der Waals surface area contributed by atoms with Gasteiger partial charge in [0.05, 0.1) is 5.69 Å². The Morgan fingerprint density at radius 2 is 2.00 bits per heavy atom. The lowest BCUT2D eigenvalue weighted by atomic mass is 10.1. The Morgan fingerprint density at radius 1 is 1.13 bits per heavy atom. The number of amides is 1. The summed E-state index contributed by atoms with van der Waals surface area (Å²) in [4.78, 5) is 31.4. The van der Waals surface area contributed by atoms with Crippen LogP contribution in [0.5, 0.6) is 0 Å². The number of nitrogens with one attached hydrogen (secondary N) is 1. The summed E-state index contributed by atoms with van der Waals surface area (Å²) in [5.41, 5.74) is 2.88. The van der Waals surface area contributed by atoms with E-state index < -0.39 is 0 Å². The summed E-state index contributed by atoms with van der Waals surface area (Å²) < 4.78 is 1.99. The minimum Gasteiger partial charge on any atom is -0.354 e. The van der Waals surface area contributed by atoms with Crippen molar-refractivity contribution in [2.75, 3.05) is 43.4 Å². The average Bonchev–Trinajstić information content (AvgIpc) is 3.37. The molecule has 1 N–H and O–H groups in total. The SMILES string of the molecule is CN1CCN(c2cc(C(=O)Nc3cccc(-c4cn5ccsc5n4)c3)ncn2)CC1. The van der Waals surface area contributed by atoms with Crippen molar-refractivity contribution >= 4 is 33.7 Å². The molecule has 30 heavy (non-hydrogen) atoms. The lowest BCUT2D eigenvalue weighted by Crippen LogP contribution is -2.44. The molecule has 3 aromatic heterocycles. The number of carbonyl (C=O) groups excluding carboxylic acids is 1. The molecule has 4 aromatic rings. The fourth-order valence-corrected chi connectivity index (χ4v) is 4.20. The Kier molecular flexibility index (Phi) is 4.89. The quantitative estimate of drug-likeness (QED) is 0.548. The summed E-state index contributed by atoms with van der Waals surface area (Å²) >= 11 is 1.59. The highest BCUT2D eigenvalue weighted by atomic mass is 32.1. The van der Waals surface area contributed by atoms with Crippen molar-refractivity contribution in [2.24, 2.45) is 0 Å². The van der Waals surface area contributed by atoms with Gasteiger partial charge in [-0.1, -0.05) is 12.1 Å². The van der Waals surface area contributed by atoms with Crippen molar-refractivity contribution in [3.8, 4) is 11.3 Å². The van der Waals surface area contributed by atoms with Crippen molar-refractivity contribution in [2.45, 2.75) is 0 Å². The van der Waals surface area contributed by atoms with Gasteiger partial charge in [-0.25, -0.2) is 15.0 Å².